The molecule has 97 heavy (non-hydrogen) atoms. The number of hydrogen-bond acceptors (Lipinski definition) is 14. The predicted octanol–water partition coefficient (Wildman–Crippen LogP) is -0.273. The van der Waals surface area contributed by atoms with E-state index in [0.717, 1.165) is 10.9 Å². The first-order chi connectivity index (χ1) is 46.1. The first-order valence-corrected chi connectivity index (χ1v) is 32.0. The van der Waals surface area contributed by atoms with Crippen LogP contribution in [0.3, 0.4) is 0 Å². The minimum atomic E-state index is -1.77. The summed E-state index contributed by atoms with van der Waals surface area (Å²) in [6.45, 7) is 9.42. The number of nitrogens with one attached hydrogen (secondary N) is 11. The Morgan fingerprint density at radius 2 is 0.856 bits per heavy atom. The summed E-state index contributed by atoms with van der Waals surface area (Å²) in [7, 11) is 0. The number of primary amides is 1. The third kappa shape index (κ3) is 23.0. The van der Waals surface area contributed by atoms with Gasteiger partial charge in [-0.05, 0) is 79.3 Å². The third-order valence-electron chi connectivity index (χ3n) is 16.1. The Labute approximate surface area is 561 Å². The van der Waals surface area contributed by atoms with Crippen LogP contribution in [0.5, 0.6) is 0 Å². The molecule has 29 heteroatoms. The summed E-state index contributed by atoms with van der Waals surface area (Å²) in [6.07, 6.45) is 0.723. The van der Waals surface area contributed by atoms with E-state index in [2.05, 4.69) is 62.8 Å². The molecule has 10 amide bonds. The maximum absolute atomic E-state index is 15.1. The lowest BCUT2D eigenvalue weighted by Crippen LogP contribution is -2.61. The highest BCUT2D eigenvalue weighted by atomic mass is 16.4. The molecule has 0 saturated heterocycles. The van der Waals surface area contributed by atoms with Gasteiger partial charge < -0.3 is 91.0 Å². The second kappa shape index (κ2) is 36.3. The van der Waals surface area contributed by atoms with Crippen molar-refractivity contribution >= 4 is 92.8 Å². The number of carbonyl (C=O) groups excluding carboxylic acids is 10. The number of hydrogen-bond donors (Lipinski definition) is 17. The van der Waals surface area contributed by atoms with Gasteiger partial charge in [0, 0.05) is 66.4 Å². The second-order valence-corrected chi connectivity index (χ2v) is 24.7. The molecule has 0 aliphatic rings. The van der Waals surface area contributed by atoms with Crippen molar-refractivity contribution in [2.45, 2.75) is 159 Å². The molecule has 0 fully saturated rings. The zero-order valence-corrected chi connectivity index (χ0v) is 55.1. The van der Waals surface area contributed by atoms with Gasteiger partial charge in [-0.1, -0.05) is 125 Å². The van der Waals surface area contributed by atoms with Crippen LogP contribution in [-0.4, -0.2) is 164 Å². The van der Waals surface area contributed by atoms with Gasteiger partial charge in [-0.15, -0.1) is 0 Å². The first-order valence-electron chi connectivity index (χ1n) is 32.0. The van der Waals surface area contributed by atoms with E-state index in [4.69, 9.17) is 22.9 Å². The lowest BCUT2D eigenvalue weighted by atomic mass is 9.98. The standard InChI is InChI=1S/C68H90N16O13/c1-36(2)28-49(79-63(92)52(31-42-34-74-46-24-15-13-22-44(42)46)82-64(93)54(33-55(69)86)78-58(87)38(5)76-59(88)48(26-17-27-73-68(71)72)77-66(95)56(70)39(6)85)60(89)80-50(29-40-18-9-7-10-19-40)61(90)81-51(30-41-20-11-8-12-21-41)62(91)83-53(65(94)84-57(37(3)4)67(96)97)32-43-35-75-47-25-16-14-23-45(43)47/h7-16,18-25,34-39,48-54,56-57,74-75,85H,17,26-33,70H2,1-6H3,(H2,69,86)(H,76,88)(H,77,95)(H,78,87)(H,79,92)(H,80,89)(H,81,90)(H,82,93)(H,83,91)(H,84,94)(H,96,97)(H4,71,72,73)/t38-,39+,48-,49-,50-,51-,52-,53-,54-,56-,57-/m0/s1. The first kappa shape index (κ1) is 75.3. The maximum Gasteiger partial charge on any atom is 0.326 e. The summed E-state index contributed by atoms with van der Waals surface area (Å²) in [6, 6.07) is 17.3. The second-order valence-electron chi connectivity index (χ2n) is 24.7. The van der Waals surface area contributed by atoms with E-state index < -0.39 is 144 Å². The molecule has 6 rings (SSSR count). The van der Waals surface area contributed by atoms with E-state index in [1.807, 2.05) is 24.3 Å². The highest BCUT2D eigenvalue weighted by molar-refractivity contribution is 6.00. The van der Waals surface area contributed by atoms with Crippen molar-refractivity contribution in [3.05, 3.63) is 144 Å². The monoisotopic (exact) mass is 1340 g/mol. The predicted molar refractivity (Wildman–Crippen MR) is 363 cm³/mol. The average molecular weight is 1340 g/mol. The number of fused-ring (bicyclic) bond motifs is 2. The van der Waals surface area contributed by atoms with Crippen molar-refractivity contribution in [1.29, 1.82) is 0 Å². The highest BCUT2D eigenvalue weighted by Gasteiger charge is 2.37. The number of aliphatic hydroxyl groups is 1. The van der Waals surface area contributed by atoms with E-state index >= 15 is 14.4 Å². The number of aliphatic carboxylic acids is 1. The Balaban J connectivity index is 1.28. The van der Waals surface area contributed by atoms with Crippen molar-refractivity contribution in [3.63, 3.8) is 0 Å². The van der Waals surface area contributed by atoms with Crippen molar-refractivity contribution in [3.8, 4) is 0 Å². The SMILES string of the molecule is CC(C)C[C@H](NC(=O)[C@H](Cc1c[nH]c2ccccc12)NC(=O)[C@H](CC(N)=O)NC(=O)[C@H](C)NC(=O)[C@H](CCCN=C(N)N)NC(=O)[C@@H](N)[C@@H](C)O)C(=O)N[C@@H](Cc1ccccc1)C(=O)N[C@@H](Cc1ccccc1)C(=O)N[C@@H](Cc1c[nH]c2ccccc12)C(=O)N[C@H](C(=O)O)C(C)C. The molecule has 2 aromatic heterocycles. The number of nitrogens with zero attached hydrogens (tertiary/aromatic N) is 1. The van der Waals surface area contributed by atoms with Crippen LogP contribution >= 0.6 is 0 Å². The lowest BCUT2D eigenvalue weighted by molar-refractivity contribution is -0.143. The van der Waals surface area contributed by atoms with E-state index in [-0.39, 0.29) is 63.4 Å². The van der Waals surface area contributed by atoms with Crippen molar-refractivity contribution < 1.29 is 63.0 Å². The third-order valence-corrected chi connectivity index (χ3v) is 16.1. The topological polar surface area (TPSA) is 485 Å². The van der Waals surface area contributed by atoms with Crippen molar-refractivity contribution in [1.82, 2.24) is 57.8 Å². The summed E-state index contributed by atoms with van der Waals surface area (Å²) in [4.78, 5) is 164. The molecule has 0 bridgehead atoms. The molecule has 2 heterocycles. The summed E-state index contributed by atoms with van der Waals surface area (Å²) in [5.41, 5.74) is 26.1. The molecule has 0 aliphatic carbocycles. The van der Waals surface area contributed by atoms with Crippen LogP contribution in [0.2, 0.25) is 0 Å². The molecule has 520 valence electrons. The van der Waals surface area contributed by atoms with Gasteiger partial charge in [-0.2, -0.15) is 0 Å². The fourth-order valence-corrected chi connectivity index (χ4v) is 10.8. The number of carbonyl (C=O) groups is 11. The molecule has 0 aliphatic heterocycles. The molecule has 29 nitrogen and oxygen atoms in total. The molecule has 0 radical (unpaired) electrons. The van der Waals surface area contributed by atoms with Crippen LogP contribution in [0.15, 0.2) is 127 Å². The zero-order valence-electron chi connectivity index (χ0n) is 55.1. The van der Waals surface area contributed by atoms with Crippen molar-refractivity contribution in [2.24, 2.45) is 39.8 Å². The Hall–Kier alpha value is -10.7. The number of aliphatic hydroxyl groups excluding tert-OH is 1. The number of carboxylic acid groups (broad SMARTS) is 1. The largest absolute Gasteiger partial charge is 0.480 e. The van der Waals surface area contributed by atoms with E-state index in [0.29, 0.717) is 33.2 Å². The highest BCUT2D eigenvalue weighted by Crippen LogP contribution is 2.22. The summed E-state index contributed by atoms with van der Waals surface area (Å²) >= 11 is 0. The van der Waals surface area contributed by atoms with Crippen LogP contribution in [0, 0.1) is 11.8 Å². The van der Waals surface area contributed by atoms with E-state index in [9.17, 15) is 48.6 Å². The number of guanidine groups is 1. The van der Waals surface area contributed by atoms with Gasteiger partial charge >= 0.3 is 5.97 Å². The molecule has 0 saturated carbocycles. The van der Waals surface area contributed by atoms with Crippen LogP contribution in [0.1, 0.15) is 89.5 Å². The van der Waals surface area contributed by atoms with Gasteiger partial charge in [0.1, 0.15) is 60.4 Å². The zero-order chi connectivity index (χ0) is 71.0. The minimum absolute atomic E-state index is 0.0262. The van der Waals surface area contributed by atoms with Crippen LogP contribution < -0.4 is 70.8 Å². The van der Waals surface area contributed by atoms with Crippen LogP contribution in [0.25, 0.3) is 21.8 Å². The fourth-order valence-electron chi connectivity index (χ4n) is 10.8. The molecular weight excluding hydrogens is 1250 g/mol. The molecular formula is C68H90N16O13. The van der Waals surface area contributed by atoms with Gasteiger partial charge in [0.05, 0.1) is 12.5 Å². The summed E-state index contributed by atoms with van der Waals surface area (Å²) in [5.74, 6) is -11.4. The Bertz CT molecular complexity index is 3740. The average Bonchev–Trinajstić information content (AvgIpc) is 1.74. The maximum atomic E-state index is 15.1. The minimum Gasteiger partial charge on any atom is -0.480 e. The Morgan fingerprint density at radius 1 is 0.464 bits per heavy atom. The number of benzene rings is 4. The number of amides is 10. The number of carboxylic acids is 1. The summed E-state index contributed by atoms with van der Waals surface area (Å²) < 4.78 is 0. The number of H-pyrrole nitrogens is 2. The number of para-hydroxylation sites is 2. The molecule has 11 atom stereocenters. The van der Waals surface area contributed by atoms with E-state index in [1.165, 1.54) is 13.8 Å². The Morgan fingerprint density at radius 3 is 1.29 bits per heavy atom. The van der Waals surface area contributed by atoms with Crippen LogP contribution in [0.4, 0.5) is 0 Å². The molecule has 6 aromatic rings. The normalized spacial score (nSPS) is 14.7. The van der Waals surface area contributed by atoms with E-state index in [1.54, 1.807) is 125 Å². The molecule has 4 aromatic carbocycles. The van der Waals surface area contributed by atoms with Crippen LogP contribution in [-0.2, 0) is 78.4 Å². The van der Waals surface area contributed by atoms with Gasteiger partial charge in [-0.25, -0.2) is 4.79 Å². The Kier molecular flexibility index (Phi) is 28.2. The number of nitrogens with two attached hydrogens (primary N) is 4. The van der Waals surface area contributed by atoms with Gasteiger partial charge in [0.15, 0.2) is 5.96 Å². The molecule has 0 spiro atoms. The smallest absolute Gasteiger partial charge is 0.326 e. The molecule has 21 N–H and O–H groups in total. The fraction of sp³-hybridized carbons (Fsp3) is 0.412. The summed E-state index contributed by atoms with van der Waals surface area (Å²) in [5, 5.41) is 45.2. The van der Waals surface area contributed by atoms with Gasteiger partial charge in [0.25, 0.3) is 0 Å². The van der Waals surface area contributed by atoms with Gasteiger partial charge in [0.2, 0.25) is 59.1 Å². The number of aromatic amines is 2. The van der Waals surface area contributed by atoms with Gasteiger partial charge in [-0.3, -0.25) is 52.9 Å². The quantitative estimate of drug-likeness (QED) is 0.0136. The molecule has 0 unspecified atom stereocenters. The van der Waals surface area contributed by atoms with Crippen molar-refractivity contribution in [2.75, 3.05) is 6.54 Å². The number of aromatic nitrogens is 2. The number of rotatable bonds is 37. The number of aliphatic imine (C=N–C) groups is 1. The lowest BCUT2D eigenvalue weighted by Gasteiger charge is -2.29.